The molecule has 1 fully saturated rings. The maximum atomic E-state index is 15.3. The Bertz CT molecular complexity index is 946. The third-order valence-corrected chi connectivity index (χ3v) is 4.99. The minimum atomic E-state index is -0.952. The summed E-state index contributed by atoms with van der Waals surface area (Å²) in [6, 6.07) is 3.19. The highest BCUT2D eigenvalue weighted by Crippen LogP contribution is 2.37. The molecule has 7 heteroatoms. The van der Waals surface area contributed by atoms with Gasteiger partial charge in [-0.2, -0.15) is 5.26 Å². The summed E-state index contributed by atoms with van der Waals surface area (Å²) in [6.07, 6.45) is 3.86. The summed E-state index contributed by atoms with van der Waals surface area (Å²) in [6.45, 7) is 9.21. The molecule has 3 rings (SSSR count). The van der Waals surface area contributed by atoms with E-state index in [1.165, 1.54) is 18.5 Å². The zero-order valence-corrected chi connectivity index (χ0v) is 16.8. The lowest BCUT2D eigenvalue weighted by atomic mass is 9.77. The van der Waals surface area contributed by atoms with Crippen LogP contribution in [0.4, 0.5) is 4.39 Å². The number of hydrogen-bond acceptors (Lipinski definition) is 5. The SMILES string of the molecule is C[C@@H]1CNC[C@](NC(=O)CC(C)(C)C)(c2c(F)cc(C#N)c3nccnc23)C1. The summed E-state index contributed by atoms with van der Waals surface area (Å²) in [5, 5.41) is 15.8. The van der Waals surface area contributed by atoms with E-state index >= 15 is 4.39 Å². The molecule has 0 bridgehead atoms. The molecule has 0 unspecified atom stereocenters. The molecule has 0 radical (unpaired) electrons. The lowest BCUT2D eigenvalue weighted by molar-refractivity contribution is -0.125. The standard InChI is InChI=1S/C21H26FN5O/c1-13-8-21(12-24-11-13,27-16(28)9-20(2,3)4)17-15(22)7-14(10-23)18-19(17)26-6-5-25-18/h5-7,13,24H,8-9,11-12H2,1-4H3,(H,27,28)/t13-,21-/m0/s1. The van der Waals surface area contributed by atoms with Gasteiger partial charge < -0.3 is 10.6 Å². The number of carbonyl (C=O) groups excluding carboxylic acids is 1. The minimum absolute atomic E-state index is 0.135. The summed E-state index contributed by atoms with van der Waals surface area (Å²) >= 11 is 0. The second kappa shape index (κ2) is 7.44. The quantitative estimate of drug-likeness (QED) is 0.850. The third kappa shape index (κ3) is 3.97. The summed E-state index contributed by atoms with van der Waals surface area (Å²) < 4.78 is 15.3. The summed E-state index contributed by atoms with van der Waals surface area (Å²) in [4.78, 5) is 21.4. The maximum Gasteiger partial charge on any atom is 0.221 e. The normalized spacial score (nSPS) is 22.6. The topological polar surface area (TPSA) is 90.7 Å². The van der Waals surface area contributed by atoms with Gasteiger partial charge in [0, 0.05) is 30.9 Å². The highest BCUT2D eigenvalue weighted by atomic mass is 19.1. The van der Waals surface area contributed by atoms with Crippen molar-refractivity contribution in [1.82, 2.24) is 20.6 Å². The molecule has 1 aromatic carbocycles. The first-order valence-electron chi connectivity index (χ1n) is 9.51. The van der Waals surface area contributed by atoms with Crippen LogP contribution in [0, 0.1) is 28.5 Å². The fraction of sp³-hybridized carbons (Fsp3) is 0.524. The average Bonchev–Trinajstić information content (AvgIpc) is 2.58. The largest absolute Gasteiger partial charge is 0.345 e. The zero-order valence-electron chi connectivity index (χ0n) is 16.8. The highest BCUT2D eigenvalue weighted by Gasteiger charge is 2.42. The number of fused-ring (bicyclic) bond motifs is 1. The van der Waals surface area contributed by atoms with Gasteiger partial charge in [-0.1, -0.05) is 27.7 Å². The van der Waals surface area contributed by atoms with Crippen molar-refractivity contribution >= 4 is 16.9 Å². The molecule has 148 valence electrons. The van der Waals surface area contributed by atoms with Gasteiger partial charge >= 0.3 is 0 Å². The predicted octanol–water partition coefficient (Wildman–Crippen LogP) is 3.02. The molecule has 0 aliphatic carbocycles. The van der Waals surface area contributed by atoms with Crippen LogP contribution in [0.3, 0.4) is 0 Å². The van der Waals surface area contributed by atoms with Crippen molar-refractivity contribution in [2.45, 2.75) is 46.1 Å². The third-order valence-electron chi connectivity index (χ3n) is 4.99. The zero-order chi connectivity index (χ0) is 20.5. The van der Waals surface area contributed by atoms with Crippen molar-refractivity contribution in [3.05, 3.63) is 35.4 Å². The smallest absolute Gasteiger partial charge is 0.221 e. The maximum absolute atomic E-state index is 15.3. The van der Waals surface area contributed by atoms with Gasteiger partial charge in [0.05, 0.1) is 16.6 Å². The van der Waals surface area contributed by atoms with Crippen molar-refractivity contribution < 1.29 is 9.18 Å². The Morgan fingerprint density at radius 1 is 1.39 bits per heavy atom. The average molecular weight is 383 g/mol. The summed E-state index contributed by atoms with van der Waals surface area (Å²) in [7, 11) is 0. The number of benzene rings is 1. The van der Waals surface area contributed by atoms with Gasteiger partial charge in [-0.25, -0.2) is 4.39 Å². The second-order valence-electron chi connectivity index (χ2n) is 8.95. The van der Waals surface area contributed by atoms with Crippen LogP contribution >= 0.6 is 0 Å². The van der Waals surface area contributed by atoms with Gasteiger partial charge in [-0.05, 0) is 30.4 Å². The Balaban J connectivity index is 2.18. The number of aromatic nitrogens is 2. The van der Waals surface area contributed by atoms with E-state index in [0.717, 1.165) is 6.54 Å². The van der Waals surface area contributed by atoms with Crippen molar-refractivity contribution in [1.29, 1.82) is 5.26 Å². The molecule has 2 aromatic rings. The van der Waals surface area contributed by atoms with Crippen LogP contribution in [0.1, 0.15) is 51.7 Å². The first-order chi connectivity index (χ1) is 13.1. The molecule has 1 saturated heterocycles. The van der Waals surface area contributed by atoms with E-state index in [9.17, 15) is 10.1 Å². The number of nitriles is 1. The Morgan fingerprint density at radius 2 is 2.07 bits per heavy atom. The number of hydrogen-bond donors (Lipinski definition) is 2. The van der Waals surface area contributed by atoms with E-state index in [1.807, 2.05) is 26.8 Å². The molecule has 6 nitrogen and oxygen atoms in total. The first-order valence-corrected chi connectivity index (χ1v) is 9.51. The Hall–Kier alpha value is -2.59. The van der Waals surface area contributed by atoms with E-state index in [0.29, 0.717) is 36.0 Å². The monoisotopic (exact) mass is 383 g/mol. The molecule has 2 N–H and O–H groups in total. The molecule has 2 heterocycles. The first kappa shape index (κ1) is 20.2. The predicted molar refractivity (Wildman–Crippen MR) is 105 cm³/mol. The Morgan fingerprint density at radius 3 is 2.68 bits per heavy atom. The minimum Gasteiger partial charge on any atom is -0.345 e. The summed E-state index contributed by atoms with van der Waals surface area (Å²) in [5.41, 5.74) is -0.0282. The van der Waals surface area contributed by atoms with Crippen LogP contribution in [0.2, 0.25) is 0 Å². The van der Waals surface area contributed by atoms with Gasteiger partial charge in [0.25, 0.3) is 0 Å². The Kier molecular flexibility index (Phi) is 5.35. The molecular weight excluding hydrogens is 357 g/mol. The number of carbonyl (C=O) groups is 1. The van der Waals surface area contributed by atoms with E-state index in [1.54, 1.807) is 0 Å². The van der Waals surface area contributed by atoms with Gasteiger partial charge in [0.1, 0.15) is 17.4 Å². The number of halogens is 1. The Labute approximate surface area is 164 Å². The van der Waals surface area contributed by atoms with E-state index in [2.05, 4.69) is 27.5 Å². The van der Waals surface area contributed by atoms with Crippen LogP contribution in [-0.4, -0.2) is 29.0 Å². The molecule has 0 spiro atoms. The van der Waals surface area contributed by atoms with Crippen LogP contribution in [-0.2, 0) is 10.3 Å². The van der Waals surface area contributed by atoms with Gasteiger partial charge in [0.15, 0.2) is 0 Å². The van der Waals surface area contributed by atoms with Crippen LogP contribution < -0.4 is 10.6 Å². The highest BCUT2D eigenvalue weighted by molar-refractivity contribution is 5.86. The number of piperidine rings is 1. The number of nitrogens with zero attached hydrogens (tertiary/aromatic N) is 3. The van der Waals surface area contributed by atoms with Crippen molar-refractivity contribution in [2.24, 2.45) is 11.3 Å². The molecule has 28 heavy (non-hydrogen) atoms. The van der Waals surface area contributed by atoms with Gasteiger partial charge in [-0.3, -0.25) is 14.8 Å². The molecule has 1 aromatic heterocycles. The summed E-state index contributed by atoms with van der Waals surface area (Å²) in [5.74, 6) is -0.453. The van der Waals surface area contributed by atoms with Crippen LogP contribution in [0.25, 0.3) is 11.0 Å². The molecule has 1 aliphatic rings. The lowest BCUT2D eigenvalue weighted by Gasteiger charge is -2.42. The van der Waals surface area contributed by atoms with E-state index in [-0.39, 0.29) is 22.8 Å². The number of amides is 1. The van der Waals surface area contributed by atoms with E-state index < -0.39 is 11.4 Å². The van der Waals surface area contributed by atoms with Crippen molar-refractivity contribution in [3.63, 3.8) is 0 Å². The fourth-order valence-corrected chi connectivity index (χ4v) is 4.05. The molecule has 2 atom stereocenters. The molecule has 0 saturated carbocycles. The number of nitrogens with one attached hydrogen (secondary N) is 2. The second-order valence-corrected chi connectivity index (χ2v) is 8.95. The van der Waals surface area contributed by atoms with Crippen LogP contribution in [0.5, 0.6) is 0 Å². The molecule has 1 amide bonds. The molecule has 1 aliphatic heterocycles. The van der Waals surface area contributed by atoms with E-state index in [4.69, 9.17) is 0 Å². The molecular formula is C21H26FN5O. The lowest BCUT2D eigenvalue weighted by Crippen LogP contribution is -2.58. The van der Waals surface area contributed by atoms with Gasteiger partial charge in [0.2, 0.25) is 5.91 Å². The number of rotatable bonds is 3. The fourth-order valence-electron chi connectivity index (χ4n) is 4.05. The van der Waals surface area contributed by atoms with Crippen molar-refractivity contribution in [3.8, 4) is 6.07 Å². The van der Waals surface area contributed by atoms with Crippen LogP contribution in [0.15, 0.2) is 18.5 Å². The van der Waals surface area contributed by atoms with Gasteiger partial charge in [-0.15, -0.1) is 0 Å². The van der Waals surface area contributed by atoms with Crippen molar-refractivity contribution in [2.75, 3.05) is 13.1 Å².